The van der Waals surface area contributed by atoms with E-state index in [9.17, 15) is 78.0 Å². The van der Waals surface area contributed by atoms with E-state index in [2.05, 4.69) is 43.8 Å². The van der Waals surface area contributed by atoms with E-state index in [-0.39, 0.29) is 31.6 Å². The van der Waals surface area contributed by atoms with Crippen LogP contribution in [0.5, 0.6) is 0 Å². The third-order valence-electron chi connectivity index (χ3n) is 8.64. The van der Waals surface area contributed by atoms with Crippen LogP contribution in [0.4, 0.5) is 0 Å². The van der Waals surface area contributed by atoms with Crippen molar-refractivity contribution in [2.45, 2.75) is 127 Å². The minimum absolute atomic E-state index is 0.159. The van der Waals surface area contributed by atoms with Gasteiger partial charge in [-0.15, -0.1) is 0 Å². The largest absolute Gasteiger partial charge is 0.480 e. The maximum atomic E-state index is 12.5. The Balaban J connectivity index is 4.93. The molecule has 6 atom stereocenters. The summed E-state index contributed by atoms with van der Waals surface area (Å²) in [4.78, 5) is 143. The third kappa shape index (κ3) is 23.7. The first-order valence-electron chi connectivity index (χ1n) is 18.8. The molecule has 60 heavy (non-hydrogen) atoms. The summed E-state index contributed by atoms with van der Waals surface area (Å²) in [6, 6.07) is -8.32. The first kappa shape index (κ1) is 53.5. The zero-order valence-electron chi connectivity index (χ0n) is 33.3. The van der Waals surface area contributed by atoms with Gasteiger partial charge in [0.05, 0.1) is 6.04 Å². The van der Waals surface area contributed by atoms with Crippen molar-refractivity contribution in [3.63, 3.8) is 0 Å². The van der Waals surface area contributed by atoms with Gasteiger partial charge in [0.2, 0.25) is 35.4 Å². The molecule has 0 aliphatic heterocycles. The molecular weight excluding hydrogens is 802 g/mol. The molecule has 24 nitrogen and oxygen atoms in total. The predicted octanol–water partition coefficient (Wildman–Crippen LogP) is -2.62. The molecule has 0 bridgehead atoms. The zero-order chi connectivity index (χ0) is 45.9. The molecule has 0 rings (SSSR count). The van der Waals surface area contributed by atoms with E-state index in [4.69, 9.17) is 5.11 Å². The molecule has 6 unspecified atom stereocenters. The second-order valence-corrected chi connectivity index (χ2v) is 13.4. The molecule has 6 amide bonds. The fraction of sp³-hybridized carbons (Fsp3) is 0.611. The Morgan fingerprint density at radius 1 is 0.450 bits per heavy atom. The van der Waals surface area contributed by atoms with Crippen LogP contribution in [0.15, 0.2) is 12.7 Å². The first-order valence-corrected chi connectivity index (χ1v) is 18.8. The summed E-state index contributed by atoms with van der Waals surface area (Å²) >= 11 is 0. The number of hydrogen-bond donors (Lipinski definition) is 12. The number of aliphatic carboxylic acids is 5. The second kappa shape index (κ2) is 28.9. The highest BCUT2D eigenvalue weighted by Crippen LogP contribution is 2.08. The lowest BCUT2D eigenvalue weighted by atomic mass is 10.1. The molecule has 0 spiro atoms. The average molecular weight is 858 g/mol. The fourth-order valence-corrected chi connectivity index (χ4v) is 5.34. The van der Waals surface area contributed by atoms with Crippen LogP contribution in [0.25, 0.3) is 0 Å². The molecule has 0 aromatic carbocycles. The predicted molar refractivity (Wildman–Crippen MR) is 205 cm³/mol. The number of likely N-dealkylation sites (N-methyl/N-ethyl adjacent to an activating group) is 1. The Labute approximate surface area is 344 Å². The highest BCUT2D eigenvalue weighted by molar-refractivity contribution is 5.93. The quantitative estimate of drug-likeness (QED) is 0.0237. The van der Waals surface area contributed by atoms with Crippen molar-refractivity contribution in [3.8, 4) is 0 Å². The minimum Gasteiger partial charge on any atom is -0.480 e. The van der Waals surface area contributed by atoms with E-state index >= 15 is 0 Å². The molecule has 0 aromatic heterocycles. The number of carbonyl (C=O) groups excluding carboxylic acids is 7. The normalized spacial score (nSPS) is 13.6. The van der Waals surface area contributed by atoms with E-state index in [1.54, 1.807) is 7.05 Å². The molecule has 0 saturated carbocycles. The summed E-state index contributed by atoms with van der Waals surface area (Å²) in [5.74, 6) is -12.7. The lowest BCUT2D eigenvalue weighted by Gasteiger charge is -2.19. The van der Waals surface area contributed by atoms with Crippen LogP contribution in [0, 0.1) is 0 Å². The number of rotatable bonds is 33. The monoisotopic (exact) mass is 857 g/mol. The smallest absolute Gasteiger partial charge is 0.326 e. The molecule has 12 N–H and O–H groups in total. The van der Waals surface area contributed by atoms with Crippen molar-refractivity contribution in [2.75, 3.05) is 13.6 Å². The molecule has 0 heterocycles. The van der Waals surface area contributed by atoms with Crippen LogP contribution in [0.3, 0.4) is 0 Å². The topological polar surface area (TPSA) is 390 Å². The maximum absolute atomic E-state index is 12.5. The van der Waals surface area contributed by atoms with Crippen molar-refractivity contribution in [1.29, 1.82) is 0 Å². The molecule has 0 fully saturated rings. The molecule has 0 aliphatic carbocycles. The van der Waals surface area contributed by atoms with Crippen LogP contribution in [-0.2, 0) is 57.5 Å². The van der Waals surface area contributed by atoms with Crippen molar-refractivity contribution in [3.05, 3.63) is 12.7 Å². The lowest BCUT2D eigenvalue weighted by molar-refractivity contribution is -0.144. The first-order chi connectivity index (χ1) is 28.1. The van der Waals surface area contributed by atoms with Gasteiger partial charge in [0.1, 0.15) is 30.2 Å². The van der Waals surface area contributed by atoms with E-state index < -0.39 is 146 Å². The summed E-state index contributed by atoms with van der Waals surface area (Å²) in [5, 5.41) is 63.2. The molecule has 0 radical (unpaired) electrons. The number of hydrogen-bond acceptors (Lipinski definition) is 13. The molecule has 0 aromatic rings. The second-order valence-electron chi connectivity index (χ2n) is 13.4. The van der Waals surface area contributed by atoms with Gasteiger partial charge < -0.3 is 62.8 Å². The van der Waals surface area contributed by atoms with Crippen LogP contribution in [-0.4, -0.2) is 146 Å². The summed E-state index contributed by atoms with van der Waals surface area (Å²) in [7, 11) is 1.64. The Bertz CT molecular complexity index is 1590. The number of amides is 6. The number of unbranched alkanes of at least 4 members (excludes halogenated alkanes) is 1. The average Bonchev–Trinajstić information content (AvgIpc) is 3.16. The highest BCUT2D eigenvalue weighted by atomic mass is 16.4. The van der Waals surface area contributed by atoms with Gasteiger partial charge in [-0.05, 0) is 64.5 Å². The van der Waals surface area contributed by atoms with Crippen LogP contribution in [0.2, 0.25) is 0 Å². The summed E-state index contributed by atoms with van der Waals surface area (Å²) < 4.78 is 0. The summed E-state index contributed by atoms with van der Waals surface area (Å²) in [6.07, 6.45) is -1.96. The van der Waals surface area contributed by atoms with Gasteiger partial charge in [-0.1, -0.05) is 6.58 Å². The van der Waals surface area contributed by atoms with Gasteiger partial charge in [0, 0.05) is 45.6 Å². The zero-order valence-corrected chi connectivity index (χ0v) is 33.3. The fourth-order valence-electron chi connectivity index (χ4n) is 5.34. The molecule has 0 saturated heterocycles. The van der Waals surface area contributed by atoms with Crippen LogP contribution < -0.4 is 37.2 Å². The number of carboxylic acid groups (broad SMARTS) is 5. The van der Waals surface area contributed by atoms with Gasteiger partial charge in [-0.25, -0.2) is 24.0 Å². The Kier molecular flexibility index (Phi) is 25.8. The number of ketones is 1. The number of carbonyl (C=O) groups is 12. The van der Waals surface area contributed by atoms with Gasteiger partial charge in [0.15, 0.2) is 5.78 Å². The van der Waals surface area contributed by atoms with E-state index in [1.807, 2.05) is 0 Å². The summed E-state index contributed by atoms with van der Waals surface area (Å²) in [6.45, 7) is 4.76. The lowest BCUT2D eigenvalue weighted by Crippen LogP contribution is -2.46. The van der Waals surface area contributed by atoms with E-state index in [0.29, 0.717) is 19.3 Å². The van der Waals surface area contributed by atoms with E-state index in [0.717, 1.165) is 6.92 Å². The minimum atomic E-state index is -1.70. The van der Waals surface area contributed by atoms with Crippen molar-refractivity contribution < 1.29 is 83.1 Å². The molecule has 336 valence electrons. The van der Waals surface area contributed by atoms with Crippen LogP contribution in [0.1, 0.15) is 90.4 Å². The Hall–Kier alpha value is -6.46. The number of carboxylic acids is 5. The SMILES string of the molecule is C=CC(=O)C(CCCCNC(=O)CCC(NC(=O)CCC(NC(=O)CCC(NC(=O)CCC(NC(=O)CCC(NC(C)=O)C(=O)O)C(=O)O)C(=O)O)C(=O)O)C(=O)O)NC. The molecule has 24 heteroatoms. The Morgan fingerprint density at radius 3 is 1.02 bits per heavy atom. The van der Waals surface area contributed by atoms with Crippen LogP contribution >= 0.6 is 0 Å². The third-order valence-corrected chi connectivity index (χ3v) is 8.64. The molecular formula is C36H55N7O17. The standard InChI is InChI=1S/C36H55N7O17/c1-4-26(45)20(37-3)7-5-6-18-38-27(46)13-8-22(33(53)54)40-29(48)15-10-24(35(57)58)42-31(50)17-12-25(36(59)60)43-30(49)16-11-23(34(55)56)41-28(47)14-9-21(32(51)52)39-19(2)44/h4,20-25,37H,1,5-18H2,2-3H3,(H,38,46)(H,39,44)(H,40,48)(H,41,47)(H,42,50)(H,43,49)(H,51,52)(H,53,54)(H,55,56)(H,57,58)(H,59,60). The van der Waals surface area contributed by atoms with Crippen molar-refractivity contribution in [1.82, 2.24) is 37.2 Å². The number of nitrogens with one attached hydrogen (secondary N) is 7. The van der Waals surface area contributed by atoms with Gasteiger partial charge in [-0.3, -0.25) is 33.6 Å². The van der Waals surface area contributed by atoms with E-state index in [1.165, 1.54) is 6.08 Å². The van der Waals surface area contributed by atoms with Crippen molar-refractivity contribution >= 4 is 71.1 Å². The molecule has 0 aliphatic rings. The summed E-state index contributed by atoms with van der Waals surface area (Å²) in [5.41, 5.74) is 0. The van der Waals surface area contributed by atoms with Crippen molar-refractivity contribution in [2.24, 2.45) is 0 Å². The van der Waals surface area contributed by atoms with Gasteiger partial charge >= 0.3 is 29.8 Å². The maximum Gasteiger partial charge on any atom is 0.326 e. The van der Waals surface area contributed by atoms with Gasteiger partial charge in [-0.2, -0.15) is 0 Å². The highest BCUT2D eigenvalue weighted by Gasteiger charge is 2.28. The van der Waals surface area contributed by atoms with Gasteiger partial charge in [0.25, 0.3) is 0 Å². The Morgan fingerprint density at radius 2 is 0.750 bits per heavy atom.